The molecule has 0 unspecified atom stereocenters. The van der Waals surface area contributed by atoms with Gasteiger partial charge in [-0.1, -0.05) is 12.8 Å². The van der Waals surface area contributed by atoms with E-state index in [1.807, 2.05) is 0 Å². The number of ether oxygens (including phenoxy) is 1. The Labute approximate surface area is 105 Å². The minimum absolute atomic E-state index is 0.0187. The van der Waals surface area contributed by atoms with Gasteiger partial charge in [-0.2, -0.15) is 0 Å². The number of carbonyl (C=O) groups is 1. The molecule has 2 saturated heterocycles. The van der Waals surface area contributed by atoms with Crippen molar-refractivity contribution in [1.29, 1.82) is 0 Å². The van der Waals surface area contributed by atoms with Gasteiger partial charge in [0, 0.05) is 13.1 Å². The Hall–Kier alpha value is -0.875. The van der Waals surface area contributed by atoms with Gasteiger partial charge in [-0.25, -0.2) is 4.79 Å². The van der Waals surface area contributed by atoms with Gasteiger partial charge >= 0.3 is 13.1 Å². The summed E-state index contributed by atoms with van der Waals surface area (Å²) in [6, 6.07) is 0. The second-order valence-electron chi connectivity index (χ2n) is 6.57. The van der Waals surface area contributed by atoms with Crippen LogP contribution in [0.3, 0.4) is 0 Å². The number of fused-ring (bicyclic) bond motifs is 2. The lowest BCUT2D eigenvalue weighted by Crippen LogP contribution is -2.61. The fraction of sp³-hybridized carbons (Fsp3) is 0.909. The Balaban J connectivity index is 2.04. The van der Waals surface area contributed by atoms with Gasteiger partial charge < -0.3 is 22.6 Å². The molecule has 2 bridgehead atoms. The molecule has 7 heteroatoms. The molecule has 0 spiro atoms. The molecule has 0 aromatic rings. The summed E-state index contributed by atoms with van der Waals surface area (Å²) in [5.41, 5.74) is -0.671. The van der Waals surface area contributed by atoms with E-state index in [1.165, 1.54) is 4.90 Å². The molecule has 0 atom stereocenters. The fourth-order valence-corrected chi connectivity index (χ4v) is 2.94. The maximum absolute atomic E-state index is 13.0. The average molecular weight is 264 g/mol. The van der Waals surface area contributed by atoms with Crippen molar-refractivity contribution < 1.29 is 22.5 Å². The van der Waals surface area contributed by atoms with Gasteiger partial charge in [0.15, 0.2) is 0 Å². The normalized spacial score (nSPS) is 31.9. The van der Waals surface area contributed by atoms with Crippen molar-refractivity contribution >= 4 is 13.1 Å². The van der Waals surface area contributed by atoms with Crippen LogP contribution in [0.25, 0.3) is 0 Å². The predicted octanol–water partition coefficient (Wildman–Crippen LogP) is 3.23. The van der Waals surface area contributed by atoms with Crippen molar-refractivity contribution in [2.45, 2.75) is 44.5 Å². The highest BCUT2D eigenvalue weighted by atomic mass is 19.4. The molecule has 0 aromatic carbocycles. The zero-order chi connectivity index (χ0) is 13.8. The third kappa shape index (κ3) is 2.31. The molecule has 2 aliphatic heterocycles. The lowest BCUT2D eigenvalue weighted by molar-refractivity contribution is -0.0200. The van der Waals surface area contributed by atoms with Crippen LogP contribution in [-0.4, -0.2) is 36.7 Å². The topological polar surface area (TPSA) is 29.5 Å². The van der Waals surface area contributed by atoms with Crippen LogP contribution in [0.1, 0.15) is 33.6 Å². The molecule has 0 aromatic heterocycles. The van der Waals surface area contributed by atoms with E-state index in [1.54, 1.807) is 20.8 Å². The Kier molecular flexibility index (Phi) is 2.87. The Morgan fingerprint density at radius 2 is 1.89 bits per heavy atom. The molecule has 3 nitrogen and oxygen atoms in total. The van der Waals surface area contributed by atoms with E-state index < -0.39 is 24.0 Å². The van der Waals surface area contributed by atoms with Crippen molar-refractivity contribution in [1.82, 2.24) is 4.90 Å². The van der Waals surface area contributed by atoms with Crippen molar-refractivity contribution in [3.05, 3.63) is 0 Å². The van der Waals surface area contributed by atoms with E-state index in [-0.39, 0.29) is 25.3 Å². The Morgan fingerprint density at radius 3 is 2.33 bits per heavy atom. The molecular formula is C11H18BF3NO2-. The van der Waals surface area contributed by atoms with Crippen LogP contribution in [0, 0.1) is 5.92 Å². The van der Waals surface area contributed by atoms with Crippen molar-refractivity contribution in [2.24, 2.45) is 5.92 Å². The molecule has 0 N–H and O–H groups in total. The summed E-state index contributed by atoms with van der Waals surface area (Å²) in [5, 5.41) is -1.63. The average Bonchev–Trinajstić information content (AvgIpc) is 2.12. The summed E-state index contributed by atoms with van der Waals surface area (Å²) >= 11 is 0. The van der Waals surface area contributed by atoms with Gasteiger partial charge in [0.05, 0.1) is 0 Å². The monoisotopic (exact) mass is 264 g/mol. The smallest absolute Gasteiger partial charge is 0.448 e. The lowest BCUT2D eigenvalue weighted by atomic mass is 9.42. The van der Waals surface area contributed by atoms with Gasteiger partial charge in [0.1, 0.15) is 5.60 Å². The minimum Gasteiger partial charge on any atom is -0.448 e. The van der Waals surface area contributed by atoms with E-state index in [9.17, 15) is 17.7 Å². The fourth-order valence-electron chi connectivity index (χ4n) is 2.94. The third-order valence-corrected chi connectivity index (χ3v) is 3.72. The SMILES string of the molecule is CC(C)(C)OC(=O)N1CC2CC([B-](F)(F)F)(C2)C1. The molecular weight excluding hydrogens is 246 g/mol. The van der Waals surface area contributed by atoms with Crippen LogP contribution >= 0.6 is 0 Å². The van der Waals surface area contributed by atoms with E-state index in [0.717, 1.165) is 0 Å². The number of piperidine rings is 2. The standard InChI is InChI=1S/C11H18BF3NO2/c1-10(2,3)18-9(17)16-6-8-4-11(5-8,7-16)12(13,14)15/h8H,4-7H2,1-3H3/q-1. The number of nitrogens with zero attached hydrogens (tertiary/aromatic N) is 1. The van der Waals surface area contributed by atoms with Crippen LogP contribution in [-0.2, 0) is 4.74 Å². The quantitative estimate of drug-likeness (QED) is 0.680. The summed E-state index contributed by atoms with van der Waals surface area (Å²) < 4.78 is 44.2. The van der Waals surface area contributed by atoms with E-state index >= 15 is 0 Å². The van der Waals surface area contributed by atoms with Gasteiger partial charge in [-0.3, -0.25) is 0 Å². The molecule has 18 heavy (non-hydrogen) atoms. The van der Waals surface area contributed by atoms with E-state index in [4.69, 9.17) is 4.74 Å². The van der Waals surface area contributed by atoms with Crippen molar-refractivity contribution in [2.75, 3.05) is 13.1 Å². The largest absolute Gasteiger partial charge is 0.486 e. The first kappa shape index (κ1) is 13.6. The van der Waals surface area contributed by atoms with Crippen molar-refractivity contribution in [3.63, 3.8) is 0 Å². The maximum Gasteiger partial charge on any atom is 0.486 e. The minimum atomic E-state index is -4.90. The summed E-state index contributed by atoms with van der Waals surface area (Å²) in [4.78, 5) is 13.0. The van der Waals surface area contributed by atoms with Crippen LogP contribution < -0.4 is 0 Å². The van der Waals surface area contributed by atoms with Crippen LogP contribution in [0.15, 0.2) is 0 Å². The summed E-state index contributed by atoms with van der Waals surface area (Å²) in [6.07, 6.45) is -0.276. The number of carbonyl (C=O) groups excluding carboxylic acids is 1. The number of hydrogen-bond acceptors (Lipinski definition) is 2. The third-order valence-electron chi connectivity index (χ3n) is 3.72. The lowest BCUT2D eigenvalue weighted by Gasteiger charge is -2.60. The Morgan fingerprint density at radius 1 is 1.33 bits per heavy atom. The van der Waals surface area contributed by atoms with E-state index in [2.05, 4.69) is 0 Å². The van der Waals surface area contributed by atoms with Gasteiger partial charge in [-0.15, -0.1) is 0 Å². The molecule has 3 aliphatic rings. The molecule has 2 heterocycles. The highest BCUT2D eigenvalue weighted by molar-refractivity contribution is 6.62. The second-order valence-corrected chi connectivity index (χ2v) is 6.57. The second kappa shape index (κ2) is 3.81. The van der Waals surface area contributed by atoms with Crippen LogP contribution in [0.4, 0.5) is 17.7 Å². The van der Waals surface area contributed by atoms with Gasteiger partial charge in [0.25, 0.3) is 0 Å². The first-order chi connectivity index (χ1) is 8.02. The number of halogens is 3. The number of amides is 1. The zero-order valence-corrected chi connectivity index (χ0v) is 10.9. The maximum atomic E-state index is 13.0. The molecule has 1 aliphatic carbocycles. The predicted molar refractivity (Wildman–Crippen MR) is 62.3 cm³/mol. The zero-order valence-electron chi connectivity index (χ0n) is 10.9. The summed E-state index contributed by atoms with van der Waals surface area (Å²) in [7, 11) is 0. The van der Waals surface area contributed by atoms with Gasteiger partial charge in [-0.05, 0) is 32.0 Å². The first-order valence-corrected chi connectivity index (χ1v) is 6.20. The summed E-state index contributed by atoms with van der Waals surface area (Å²) in [5.74, 6) is -0.0187. The molecule has 1 saturated carbocycles. The van der Waals surface area contributed by atoms with Crippen LogP contribution in [0.5, 0.6) is 0 Å². The molecule has 0 radical (unpaired) electrons. The summed E-state index contributed by atoms with van der Waals surface area (Å²) in [6.45, 7) is 0.382. The van der Waals surface area contributed by atoms with Crippen molar-refractivity contribution in [3.8, 4) is 0 Å². The Bertz CT molecular complexity index is 358. The first-order valence-electron chi connectivity index (χ1n) is 6.20. The van der Waals surface area contributed by atoms with E-state index in [0.29, 0.717) is 6.54 Å². The molecule has 1 amide bonds. The highest BCUT2D eigenvalue weighted by Crippen LogP contribution is 2.63. The number of rotatable bonds is 1. The highest BCUT2D eigenvalue weighted by Gasteiger charge is 2.61. The van der Waals surface area contributed by atoms with Crippen LogP contribution in [0.2, 0.25) is 5.31 Å². The molecule has 3 rings (SSSR count). The number of hydrogen-bond donors (Lipinski definition) is 0. The molecule has 3 fully saturated rings. The molecule has 104 valence electrons. The van der Waals surface area contributed by atoms with Gasteiger partial charge in [0.2, 0.25) is 0 Å².